The Labute approximate surface area is 234 Å². The summed E-state index contributed by atoms with van der Waals surface area (Å²) in [5.41, 5.74) is 5.39. The number of fused-ring (bicyclic) bond motifs is 1. The molecule has 1 fully saturated rings. The first-order chi connectivity index (χ1) is 18.5. The summed E-state index contributed by atoms with van der Waals surface area (Å²) in [4.78, 5) is 56.3. The van der Waals surface area contributed by atoms with E-state index >= 15 is 0 Å². The number of allylic oxidation sites excluding steroid dienone is 1. The molecule has 2 aliphatic heterocycles. The van der Waals surface area contributed by atoms with Crippen LogP contribution in [0.25, 0.3) is 6.08 Å². The molecule has 0 saturated carbocycles. The first kappa shape index (κ1) is 28.2. The smallest absolute Gasteiger partial charge is 0.355 e. The number of carbonyl (C=O) groups is 4. The number of aromatic nitrogens is 3. The number of thioether (sulfide) groups is 1. The molecule has 2 amide bonds. The molecule has 2 aliphatic rings. The van der Waals surface area contributed by atoms with Crippen LogP contribution < -0.4 is 11.1 Å². The van der Waals surface area contributed by atoms with Gasteiger partial charge in [-0.05, 0) is 44.0 Å². The van der Waals surface area contributed by atoms with Gasteiger partial charge < -0.3 is 25.7 Å². The van der Waals surface area contributed by atoms with Crippen LogP contribution in [0.1, 0.15) is 32.2 Å². The molecule has 0 radical (unpaired) electrons. The number of rotatable bonds is 8. The predicted octanol–water partition coefficient (Wildman–Crippen LogP) is 1.01. The number of nitrogens with two attached hydrogens (primary N) is 1. The molecule has 39 heavy (non-hydrogen) atoms. The van der Waals surface area contributed by atoms with E-state index in [2.05, 4.69) is 25.0 Å². The monoisotopic (exact) mass is 593 g/mol. The molecule has 0 aromatic carbocycles. The average Bonchev–Trinajstić information content (AvgIpc) is 3.55. The number of hydrogen-bond acceptors (Lipinski definition) is 15. The number of nitrogens with one attached hydrogen (secondary N) is 1. The molecular formula is C22H23N7O7S3. The molecule has 4 rings (SSSR count). The van der Waals surface area contributed by atoms with Gasteiger partial charge in [0.25, 0.3) is 11.8 Å². The Morgan fingerprint density at radius 2 is 2.08 bits per heavy atom. The minimum Gasteiger partial charge on any atom is -0.457 e. The highest BCUT2D eigenvalue weighted by Gasteiger charge is 2.54. The van der Waals surface area contributed by atoms with E-state index in [1.807, 2.05) is 0 Å². The van der Waals surface area contributed by atoms with E-state index in [0.717, 1.165) is 22.9 Å². The third-order valence-corrected chi connectivity index (χ3v) is 7.63. The number of ether oxygens (including phenoxy) is 2. The lowest BCUT2D eigenvalue weighted by Gasteiger charge is -2.49. The van der Waals surface area contributed by atoms with Crippen molar-refractivity contribution >= 4 is 75.3 Å². The Bertz CT molecular complexity index is 1380. The van der Waals surface area contributed by atoms with Crippen LogP contribution in [0.5, 0.6) is 0 Å². The van der Waals surface area contributed by atoms with Gasteiger partial charge in [-0.25, -0.2) is 14.6 Å². The Morgan fingerprint density at radius 3 is 2.69 bits per heavy atom. The van der Waals surface area contributed by atoms with Crippen LogP contribution >= 0.6 is 34.6 Å². The lowest BCUT2D eigenvalue weighted by Crippen LogP contribution is -2.71. The van der Waals surface area contributed by atoms with Crippen LogP contribution in [0.3, 0.4) is 0 Å². The third kappa shape index (κ3) is 6.43. The largest absolute Gasteiger partial charge is 0.457 e. The number of esters is 2. The molecule has 2 atom stereocenters. The molecular weight excluding hydrogens is 570 g/mol. The summed E-state index contributed by atoms with van der Waals surface area (Å²) < 4.78 is 14.2. The van der Waals surface area contributed by atoms with Crippen LogP contribution in [-0.2, 0) is 28.7 Å². The van der Waals surface area contributed by atoms with Gasteiger partial charge in [0.05, 0.1) is 5.69 Å². The topological polar surface area (TPSA) is 199 Å². The zero-order chi connectivity index (χ0) is 28.3. The summed E-state index contributed by atoms with van der Waals surface area (Å²) >= 11 is 3.50. The Hall–Kier alpha value is -3.83. The van der Waals surface area contributed by atoms with E-state index in [0.29, 0.717) is 11.3 Å². The Kier molecular flexibility index (Phi) is 8.31. The predicted molar refractivity (Wildman–Crippen MR) is 143 cm³/mol. The summed E-state index contributed by atoms with van der Waals surface area (Å²) in [5.74, 6) is -2.82. The van der Waals surface area contributed by atoms with Crippen molar-refractivity contribution < 1.29 is 33.9 Å². The molecule has 0 bridgehead atoms. The molecule has 2 aromatic heterocycles. The third-order valence-electron chi connectivity index (χ3n) is 5.13. The van der Waals surface area contributed by atoms with Gasteiger partial charge in [0, 0.05) is 16.5 Å². The number of carbonyl (C=O) groups excluding carboxylic acids is 4. The maximum Gasteiger partial charge on any atom is 0.355 e. The summed E-state index contributed by atoms with van der Waals surface area (Å²) in [6.45, 7) is 4.38. The molecule has 0 spiro atoms. The first-order valence-corrected chi connectivity index (χ1v) is 14.0. The van der Waals surface area contributed by atoms with Crippen molar-refractivity contribution in [2.75, 3.05) is 18.1 Å². The highest BCUT2D eigenvalue weighted by molar-refractivity contribution is 8.00. The van der Waals surface area contributed by atoms with E-state index in [4.69, 9.17) is 15.2 Å². The fourth-order valence-corrected chi connectivity index (χ4v) is 5.86. The first-order valence-electron chi connectivity index (χ1n) is 11.2. The highest BCUT2D eigenvalue weighted by atomic mass is 32.2. The van der Waals surface area contributed by atoms with Crippen LogP contribution in [0, 0.1) is 0 Å². The Balaban J connectivity index is 1.53. The molecule has 2 aromatic rings. The van der Waals surface area contributed by atoms with Gasteiger partial charge in [0.15, 0.2) is 17.5 Å². The van der Waals surface area contributed by atoms with Gasteiger partial charge in [-0.2, -0.15) is 0 Å². The SMILES string of the molecule is CC(C)(C)OC(=O)COC(=O)C1=C(/C=C\c2csnn2)CS[C@H]2C(NC(=O)/C(=N\O)c3csc(N)n3)C(=O)N12. The molecule has 206 valence electrons. The number of anilines is 1. The second kappa shape index (κ2) is 11.5. The fourth-order valence-electron chi connectivity index (χ4n) is 3.57. The maximum absolute atomic E-state index is 13.2. The van der Waals surface area contributed by atoms with Gasteiger partial charge in [0.2, 0.25) is 0 Å². The van der Waals surface area contributed by atoms with Crippen molar-refractivity contribution in [3.8, 4) is 0 Å². The molecule has 0 aliphatic carbocycles. The minimum atomic E-state index is -1.03. The summed E-state index contributed by atoms with van der Waals surface area (Å²) in [6.07, 6.45) is 3.25. The fraction of sp³-hybridized carbons (Fsp3) is 0.364. The molecule has 4 N–H and O–H groups in total. The van der Waals surface area contributed by atoms with Gasteiger partial charge in [-0.3, -0.25) is 14.5 Å². The number of oxime groups is 1. The van der Waals surface area contributed by atoms with E-state index in [1.54, 1.807) is 38.3 Å². The lowest BCUT2D eigenvalue weighted by atomic mass is 10.0. The number of β-lactam (4-membered cyclic amide) rings is 1. The van der Waals surface area contributed by atoms with Gasteiger partial charge >= 0.3 is 11.9 Å². The number of amides is 2. The van der Waals surface area contributed by atoms with Crippen molar-refractivity contribution in [2.24, 2.45) is 5.16 Å². The highest BCUT2D eigenvalue weighted by Crippen LogP contribution is 2.41. The van der Waals surface area contributed by atoms with Crippen molar-refractivity contribution in [3.63, 3.8) is 0 Å². The normalized spacial score (nSPS) is 19.5. The van der Waals surface area contributed by atoms with Crippen LogP contribution in [0.2, 0.25) is 0 Å². The quantitative estimate of drug-likeness (QED) is 0.129. The zero-order valence-corrected chi connectivity index (χ0v) is 23.3. The number of nitrogens with zero attached hydrogens (tertiary/aromatic N) is 5. The molecule has 4 heterocycles. The molecule has 14 nitrogen and oxygen atoms in total. The number of thiazole rings is 1. The summed E-state index contributed by atoms with van der Waals surface area (Å²) in [6, 6.07) is -1.03. The van der Waals surface area contributed by atoms with E-state index in [9.17, 15) is 24.4 Å². The van der Waals surface area contributed by atoms with Gasteiger partial charge in [-0.15, -0.1) is 28.2 Å². The number of nitrogen functional groups attached to an aromatic ring is 1. The van der Waals surface area contributed by atoms with Crippen molar-refractivity contribution in [2.45, 2.75) is 37.8 Å². The van der Waals surface area contributed by atoms with Crippen LogP contribution in [0.15, 0.2) is 33.3 Å². The van der Waals surface area contributed by atoms with Crippen molar-refractivity contribution in [3.05, 3.63) is 39.5 Å². The van der Waals surface area contributed by atoms with Crippen LogP contribution in [-0.4, -0.2) is 83.5 Å². The van der Waals surface area contributed by atoms with Gasteiger partial charge in [-0.1, -0.05) is 15.7 Å². The van der Waals surface area contributed by atoms with E-state index < -0.39 is 53.1 Å². The average molecular weight is 594 g/mol. The molecule has 1 saturated heterocycles. The van der Waals surface area contributed by atoms with Crippen molar-refractivity contribution in [1.29, 1.82) is 0 Å². The zero-order valence-electron chi connectivity index (χ0n) is 20.8. The van der Waals surface area contributed by atoms with Crippen LogP contribution in [0.4, 0.5) is 5.13 Å². The Morgan fingerprint density at radius 1 is 1.31 bits per heavy atom. The summed E-state index contributed by atoms with van der Waals surface area (Å²) in [7, 11) is 0. The minimum absolute atomic E-state index is 0.0488. The molecule has 1 unspecified atom stereocenters. The maximum atomic E-state index is 13.2. The standard InChI is InChI=1S/C22H23N7O7S3/c1-22(2,3)36-13(30)6-35-20(33)16-10(4-5-11-8-39-28-26-11)7-37-19-15(18(32)29(16)19)25-17(31)14(27-34)12-9-38-21(23)24-12/h4-5,8-9,15,19,34H,6-7H2,1-3H3,(H2,23,24)(H,25,31)/b5-4-,27-14-/t15?,19-/m0/s1. The lowest BCUT2D eigenvalue weighted by molar-refractivity contribution is -0.166. The second-order valence-electron chi connectivity index (χ2n) is 9.08. The number of hydrogen-bond donors (Lipinski definition) is 3. The summed E-state index contributed by atoms with van der Waals surface area (Å²) in [5, 5.41) is 21.4. The van der Waals surface area contributed by atoms with E-state index in [-0.39, 0.29) is 22.3 Å². The second-order valence-corrected chi connectivity index (χ2v) is 11.7. The molecule has 17 heteroatoms. The van der Waals surface area contributed by atoms with E-state index in [1.165, 1.54) is 22.0 Å². The van der Waals surface area contributed by atoms with Crippen molar-refractivity contribution in [1.82, 2.24) is 24.8 Å². The van der Waals surface area contributed by atoms with Gasteiger partial charge in [0.1, 0.15) is 28.4 Å².